The number of nitrogens with zero attached hydrogens (tertiary/aromatic N) is 3. The van der Waals surface area contributed by atoms with E-state index in [2.05, 4.69) is 11.4 Å². The molecule has 2 N–H and O–H groups in total. The molecule has 8 nitrogen and oxygen atoms in total. The van der Waals surface area contributed by atoms with E-state index in [9.17, 15) is 14.7 Å². The first-order chi connectivity index (χ1) is 15.9. The highest BCUT2D eigenvalue weighted by Gasteiger charge is 2.29. The molecule has 0 unspecified atom stereocenters. The number of amides is 2. The molecule has 172 valence electrons. The summed E-state index contributed by atoms with van der Waals surface area (Å²) in [5, 5.41) is 11.9. The van der Waals surface area contributed by atoms with E-state index in [1.807, 2.05) is 16.7 Å². The molecule has 3 heterocycles. The lowest BCUT2D eigenvalue weighted by Gasteiger charge is -2.31. The maximum atomic E-state index is 15.2. The smallest absolute Gasteiger partial charge is 0.407 e. The van der Waals surface area contributed by atoms with Crippen molar-refractivity contribution in [2.45, 2.75) is 31.3 Å². The van der Waals surface area contributed by atoms with Crippen molar-refractivity contribution >= 4 is 17.6 Å². The fraction of sp³-hybridized carbons (Fsp3) is 0.375. The minimum atomic E-state index is -0.980. The van der Waals surface area contributed by atoms with Gasteiger partial charge < -0.3 is 24.5 Å². The van der Waals surface area contributed by atoms with E-state index < -0.39 is 11.9 Å². The Bertz CT molecular complexity index is 1240. The van der Waals surface area contributed by atoms with Crippen LogP contribution in [-0.4, -0.2) is 64.2 Å². The Hall–Kier alpha value is -3.46. The Balaban J connectivity index is 1.57. The van der Waals surface area contributed by atoms with E-state index in [1.165, 1.54) is 23.6 Å². The highest BCUT2D eigenvalue weighted by Crippen LogP contribution is 2.40. The van der Waals surface area contributed by atoms with Crippen LogP contribution in [0.3, 0.4) is 0 Å². The van der Waals surface area contributed by atoms with E-state index in [4.69, 9.17) is 9.72 Å². The first-order valence-corrected chi connectivity index (χ1v) is 11.1. The van der Waals surface area contributed by atoms with Crippen LogP contribution >= 0.6 is 0 Å². The number of rotatable bonds is 5. The molecule has 9 heteroatoms. The number of nitrogens with one attached hydrogen (secondary N) is 1. The number of carbonyl (C=O) groups is 2. The number of morpholine rings is 1. The summed E-state index contributed by atoms with van der Waals surface area (Å²) in [7, 11) is 1.50. The average molecular weight is 452 g/mol. The van der Waals surface area contributed by atoms with E-state index in [1.54, 1.807) is 12.1 Å². The maximum absolute atomic E-state index is 15.2. The molecule has 2 amide bonds. The summed E-state index contributed by atoms with van der Waals surface area (Å²) in [6.07, 6.45) is 3.29. The summed E-state index contributed by atoms with van der Waals surface area (Å²) in [6, 6.07) is 8.45. The van der Waals surface area contributed by atoms with E-state index in [-0.39, 0.29) is 24.1 Å². The van der Waals surface area contributed by atoms with Crippen molar-refractivity contribution in [2.24, 2.45) is 0 Å². The lowest BCUT2D eigenvalue weighted by molar-refractivity contribution is -0.0214. The maximum Gasteiger partial charge on any atom is 0.407 e. The molecule has 5 rings (SSSR count). The molecule has 2 fully saturated rings. The van der Waals surface area contributed by atoms with Crippen LogP contribution in [0.5, 0.6) is 0 Å². The van der Waals surface area contributed by atoms with Crippen LogP contribution in [0, 0.1) is 5.82 Å². The van der Waals surface area contributed by atoms with Crippen molar-refractivity contribution in [2.75, 3.05) is 26.7 Å². The van der Waals surface area contributed by atoms with Crippen molar-refractivity contribution in [1.29, 1.82) is 0 Å². The highest BCUT2D eigenvalue weighted by molar-refractivity contribution is 5.94. The molecule has 1 aliphatic carbocycles. The zero-order valence-electron chi connectivity index (χ0n) is 18.3. The Kier molecular flexibility index (Phi) is 5.49. The molecule has 2 aliphatic rings. The predicted molar refractivity (Wildman–Crippen MR) is 119 cm³/mol. The molecule has 1 aromatic carbocycles. The molecule has 1 atom stereocenters. The van der Waals surface area contributed by atoms with Crippen molar-refractivity contribution < 1.29 is 23.8 Å². The fourth-order valence-corrected chi connectivity index (χ4v) is 4.42. The second kappa shape index (κ2) is 8.47. The molecule has 2 aromatic heterocycles. The molecule has 3 aromatic rings. The standard InChI is InChI=1S/C24H25FN4O4/c1-26-23(30)16-4-5-18(19(25)10-16)22-20(12-17-13-28(24(31)32)8-9-33-17)29-7-6-15(14-2-3-14)11-21(29)27-22/h4-7,10-11,14,17H,2-3,8-9,12-13H2,1H3,(H,26,30)(H,31,32)/t17-/m0/s1. The number of carbonyl (C=O) groups excluding carboxylic acids is 1. The minimum absolute atomic E-state index is 0.229. The van der Waals surface area contributed by atoms with Gasteiger partial charge >= 0.3 is 6.09 Å². The van der Waals surface area contributed by atoms with Crippen LogP contribution in [0.25, 0.3) is 16.9 Å². The zero-order valence-corrected chi connectivity index (χ0v) is 18.3. The van der Waals surface area contributed by atoms with Crippen LogP contribution in [0.2, 0.25) is 0 Å². The lowest BCUT2D eigenvalue weighted by atomic mass is 10.0. The van der Waals surface area contributed by atoms with Gasteiger partial charge in [-0.25, -0.2) is 14.2 Å². The van der Waals surface area contributed by atoms with Gasteiger partial charge in [-0.3, -0.25) is 4.79 Å². The van der Waals surface area contributed by atoms with Gasteiger partial charge in [-0.15, -0.1) is 0 Å². The van der Waals surface area contributed by atoms with Crippen molar-refractivity contribution in [3.05, 3.63) is 59.2 Å². The van der Waals surface area contributed by atoms with Crippen LogP contribution in [0.15, 0.2) is 36.5 Å². The summed E-state index contributed by atoms with van der Waals surface area (Å²) in [5.74, 6) is -0.359. The van der Waals surface area contributed by atoms with E-state index >= 15 is 4.39 Å². The predicted octanol–water partition coefficient (Wildman–Crippen LogP) is 3.30. The summed E-state index contributed by atoms with van der Waals surface area (Å²) in [5.41, 5.74) is 3.67. The van der Waals surface area contributed by atoms with Crippen LogP contribution < -0.4 is 5.32 Å². The Morgan fingerprint density at radius 1 is 1.27 bits per heavy atom. The molecule has 33 heavy (non-hydrogen) atoms. The molecule has 1 saturated heterocycles. The Morgan fingerprint density at radius 2 is 2.09 bits per heavy atom. The van der Waals surface area contributed by atoms with Gasteiger partial charge in [0.15, 0.2) is 0 Å². The monoisotopic (exact) mass is 452 g/mol. The zero-order chi connectivity index (χ0) is 23.1. The molecule has 1 saturated carbocycles. The van der Waals surface area contributed by atoms with E-state index in [0.29, 0.717) is 42.4 Å². The second-order valence-corrected chi connectivity index (χ2v) is 8.57. The molecule has 0 spiro atoms. The van der Waals surface area contributed by atoms with E-state index in [0.717, 1.165) is 18.5 Å². The Labute approximate surface area is 190 Å². The summed E-state index contributed by atoms with van der Waals surface area (Å²) >= 11 is 0. The number of ether oxygens (including phenoxy) is 1. The molecule has 0 bridgehead atoms. The van der Waals surface area contributed by atoms with Gasteiger partial charge in [0.2, 0.25) is 0 Å². The van der Waals surface area contributed by atoms with Gasteiger partial charge in [0.05, 0.1) is 30.6 Å². The number of benzene rings is 1. The van der Waals surface area contributed by atoms with Gasteiger partial charge in [0.1, 0.15) is 11.5 Å². The fourth-order valence-electron chi connectivity index (χ4n) is 4.42. The number of imidazole rings is 1. The van der Waals surface area contributed by atoms with Gasteiger partial charge in [-0.2, -0.15) is 0 Å². The van der Waals surface area contributed by atoms with Crippen molar-refractivity contribution in [3.63, 3.8) is 0 Å². The number of hydrogen-bond acceptors (Lipinski definition) is 4. The number of carboxylic acid groups (broad SMARTS) is 1. The van der Waals surface area contributed by atoms with Gasteiger partial charge in [0, 0.05) is 37.3 Å². The third-order valence-corrected chi connectivity index (χ3v) is 6.34. The molecule has 1 aliphatic heterocycles. The SMILES string of the molecule is CNC(=O)c1ccc(-c2nc3cc(C4CC4)ccn3c2C[C@H]2CN(C(=O)O)CCO2)c(F)c1. The Morgan fingerprint density at radius 3 is 2.79 bits per heavy atom. The quantitative estimate of drug-likeness (QED) is 0.619. The van der Waals surface area contributed by atoms with Gasteiger partial charge in [-0.05, 0) is 54.7 Å². The van der Waals surface area contributed by atoms with Gasteiger partial charge in [-0.1, -0.05) is 0 Å². The van der Waals surface area contributed by atoms with Crippen LogP contribution in [-0.2, 0) is 11.2 Å². The summed E-state index contributed by atoms with van der Waals surface area (Å²) in [4.78, 5) is 29.4. The number of aromatic nitrogens is 2. The van der Waals surface area contributed by atoms with Crippen molar-refractivity contribution in [3.8, 4) is 11.3 Å². The first kappa shape index (κ1) is 21.4. The third-order valence-electron chi connectivity index (χ3n) is 6.34. The number of fused-ring (bicyclic) bond motifs is 1. The minimum Gasteiger partial charge on any atom is -0.465 e. The van der Waals surface area contributed by atoms with Crippen LogP contribution in [0.1, 0.15) is 40.4 Å². The normalized spacial score (nSPS) is 18.5. The molecular formula is C24H25FN4O4. The largest absolute Gasteiger partial charge is 0.465 e. The average Bonchev–Trinajstić information content (AvgIpc) is 3.61. The number of pyridine rings is 1. The van der Waals surface area contributed by atoms with Crippen LogP contribution in [0.4, 0.5) is 9.18 Å². The van der Waals surface area contributed by atoms with Gasteiger partial charge in [0.25, 0.3) is 5.91 Å². The molecule has 0 radical (unpaired) electrons. The van der Waals surface area contributed by atoms with Crippen molar-refractivity contribution in [1.82, 2.24) is 19.6 Å². The number of hydrogen-bond donors (Lipinski definition) is 2. The number of halogens is 1. The first-order valence-electron chi connectivity index (χ1n) is 11.1. The molecular weight excluding hydrogens is 427 g/mol. The summed E-state index contributed by atoms with van der Waals surface area (Å²) < 4.78 is 22.9. The third kappa shape index (κ3) is 4.16. The second-order valence-electron chi connectivity index (χ2n) is 8.57. The topological polar surface area (TPSA) is 96.2 Å². The highest BCUT2D eigenvalue weighted by atomic mass is 19.1. The summed E-state index contributed by atoms with van der Waals surface area (Å²) in [6.45, 7) is 0.872. The lowest BCUT2D eigenvalue weighted by Crippen LogP contribution is -2.45.